The number of hydrogen-bond donors (Lipinski definition) is 1. The first-order chi connectivity index (χ1) is 11.2. The molecule has 4 nitrogen and oxygen atoms in total. The van der Waals surface area contributed by atoms with E-state index in [9.17, 15) is 9.90 Å². The zero-order valence-electron chi connectivity index (χ0n) is 13.2. The average Bonchev–Trinajstić information content (AvgIpc) is 3.01. The standard InChI is InChI=1S/C19H22N2O2/c22-19(23)17-9-4-12-20-18(17)14-21-13-5-8-16(21)11-10-15-6-2-1-3-7-15/h1-4,6-7,9,12,16H,5,8,10-11,13-14H2,(H,22,23)/t16-/m1/s1. The van der Waals surface area contributed by atoms with E-state index in [-0.39, 0.29) is 0 Å². The predicted octanol–water partition coefficient (Wildman–Crippen LogP) is 3.38. The highest BCUT2D eigenvalue weighted by Crippen LogP contribution is 2.24. The highest BCUT2D eigenvalue weighted by molar-refractivity contribution is 5.88. The number of nitrogens with zero attached hydrogens (tertiary/aromatic N) is 2. The Morgan fingerprint density at radius 1 is 1.22 bits per heavy atom. The maximum absolute atomic E-state index is 11.3. The third-order valence-corrected chi connectivity index (χ3v) is 4.58. The van der Waals surface area contributed by atoms with Gasteiger partial charge in [0.1, 0.15) is 0 Å². The minimum absolute atomic E-state index is 0.321. The summed E-state index contributed by atoms with van der Waals surface area (Å²) in [6.45, 7) is 1.65. The monoisotopic (exact) mass is 310 g/mol. The van der Waals surface area contributed by atoms with Gasteiger partial charge >= 0.3 is 5.97 Å². The predicted molar refractivity (Wildman–Crippen MR) is 89.4 cm³/mol. The number of benzene rings is 1. The van der Waals surface area contributed by atoms with Crippen molar-refractivity contribution in [2.45, 2.75) is 38.3 Å². The first kappa shape index (κ1) is 15.7. The minimum atomic E-state index is -0.895. The highest BCUT2D eigenvalue weighted by Gasteiger charge is 2.26. The molecule has 0 unspecified atom stereocenters. The molecule has 1 atom stereocenters. The Balaban J connectivity index is 1.64. The van der Waals surface area contributed by atoms with E-state index in [0.29, 0.717) is 23.8 Å². The molecule has 0 radical (unpaired) electrons. The molecule has 1 aliphatic heterocycles. The van der Waals surface area contributed by atoms with Gasteiger partial charge in [0, 0.05) is 18.8 Å². The molecule has 1 aliphatic rings. The summed E-state index contributed by atoms with van der Waals surface area (Å²) >= 11 is 0. The Hall–Kier alpha value is -2.20. The van der Waals surface area contributed by atoms with Crippen LogP contribution in [-0.4, -0.2) is 33.5 Å². The SMILES string of the molecule is O=C(O)c1cccnc1CN1CCC[C@@H]1CCc1ccccc1. The van der Waals surface area contributed by atoms with E-state index in [4.69, 9.17) is 0 Å². The average molecular weight is 310 g/mol. The Kier molecular flexibility index (Phi) is 5.03. The molecule has 120 valence electrons. The third kappa shape index (κ3) is 3.96. The number of aromatic carboxylic acids is 1. The number of hydrogen-bond acceptors (Lipinski definition) is 3. The van der Waals surface area contributed by atoms with Crippen LogP contribution in [0.15, 0.2) is 48.7 Å². The zero-order chi connectivity index (χ0) is 16.1. The number of rotatable bonds is 6. The number of pyridine rings is 1. The van der Waals surface area contributed by atoms with Crippen LogP contribution in [0, 0.1) is 0 Å². The second-order valence-electron chi connectivity index (χ2n) is 6.09. The van der Waals surface area contributed by atoms with Gasteiger partial charge in [0.15, 0.2) is 0 Å². The maximum atomic E-state index is 11.3. The molecule has 4 heteroatoms. The molecule has 0 spiro atoms. The third-order valence-electron chi connectivity index (χ3n) is 4.58. The summed E-state index contributed by atoms with van der Waals surface area (Å²) < 4.78 is 0. The molecule has 1 aromatic carbocycles. The van der Waals surface area contributed by atoms with Crippen molar-refractivity contribution in [3.8, 4) is 0 Å². The zero-order valence-corrected chi connectivity index (χ0v) is 13.2. The molecule has 3 rings (SSSR count). The van der Waals surface area contributed by atoms with Gasteiger partial charge in [0.25, 0.3) is 0 Å². The van der Waals surface area contributed by atoms with Crippen LogP contribution in [0.4, 0.5) is 0 Å². The number of aromatic nitrogens is 1. The number of likely N-dealkylation sites (tertiary alicyclic amines) is 1. The van der Waals surface area contributed by atoms with Crippen LogP contribution in [-0.2, 0) is 13.0 Å². The molecule has 0 aliphatic carbocycles. The van der Waals surface area contributed by atoms with Gasteiger partial charge in [-0.15, -0.1) is 0 Å². The smallest absolute Gasteiger partial charge is 0.337 e. The lowest BCUT2D eigenvalue weighted by Crippen LogP contribution is -2.30. The van der Waals surface area contributed by atoms with Crippen LogP contribution < -0.4 is 0 Å². The summed E-state index contributed by atoms with van der Waals surface area (Å²) in [6, 6.07) is 14.4. The largest absolute Gasteiger partial charge is 0.478 e. The van der Waals surface area contributed by atoms with Crippen molar-refractivity contribution >= 4 is 5.97 Å². The van der Waals surface area contributed by atoms with Gasteiger partial charge in [-0.05, 0) is 49.9 Å². The highest BCUT2D eigenvalue weighted by atomic mass is 16.4. The van der Waals surface area contributed by atoms with Crippen molar-refractivity contribution in [1.82, 2.24) is 9.88 Å². The van der Waals surface area contributed by atoms with Crippen molar-refractivity contribution in [1.29, 1.82) is 0 Å². The van der Waals surface area contributed by atoms with Gasteiger partial charge in [-0.2, -0.15) is 0 Å². The van der Waals surface area contributed by atoms with Crippen LogP contribution in [0.5, 0.6) is 0 Å². The van der Waals surface area contributed by atoms with Gasteiger partial charge in [-0.1, -0.05) is 30.3 Å². The Bertz CT molecular complexity index is 657. The number of carboxylic acids is 1. The first-order valence-electron chi connectivity index (χ1n) is 8.19. The molecule has 1 aromatic heterocycles. The lowest BCUT2D eigenvalue weighted by atomic mass is 10.0. The number of aryl methyl sites for hydroxylation is 1. The van der Waals surface area contributed by atoms with Crippen molar-refractivity contribution < 1.29 is 9.90 Å². The van der Waals surface area contributed by atoms with Gasteiger partial charge in [0.2, 0.25) is 0 Å². The number of carboxylic acid groups (broad SMARTS) is 1. The molecule has 0 saturated carbocycles. The Morgan fingerprint density at radius 3 is 2.83 bits per heavy atom. The second kappa shape index (κ2) is 7.38. The van der Waals surface area contributed by atoms with E-state index in [1.807, 2.05) is 6.07 Å². The number of carbonyl (C=O) groups is 1. The van der Waals surface area contributed by atoms with E-state index >= 15 is 0 Å². The molecule has 23 heavy (non-hydrogen) atoms. The lowest BCUT2D eigenvalue weighted by Gasteiger charge is -2.24. The Morgan fingerprint density at radius 2 is 2.04 bits per heavy atom. The van der Waals surface area contributed by atoms with Crippen molar-refractivity contribution in [2.75, 3.05) is 6.54 Å². The topological polar surface area (TPSA) is 53.4 Å². The molecule has 2 aromatic rings. The summed E-state index contributed by atoms with van der Waals surface area (Å²) in [6.07, 6.45) is 6.21. The molecule has 0 amide bonds. The molecule has 1 N–H and O–H groups in total. The van der Waals surface area contributed by atoms with E-state index in [0.717, 1.165) is 19.4 Å². The summed E-state index contributed by atoms with van der Waals surface area (Å²) in [5.41, 5.74) is 2.36. The molecule has 1 fully saturated rings. The maximum Gasteiger partial charge on any atom is 0.337 e. The first-order valence-corrected chi connectivity index (χ1v) is 8.19. The van der Waals surface area contributed by atoms with E-state index in [1.165, 1.54) is 18.4 Å². The van der Waals surface area contributed by atoms with Gasteiger partial charge < -0.3 is 5.11 Å². The van der Waals surface area contributed by atoms with Gasteiger partial charge in [-0.25, -0.2) is 4.79 Å². The summed E-state index contributed by atoms with van der Waals surface area (Å²) in [7, 11) is 0. The molecular weight excluding hydrogens is 288 g/mol. The quantitative estimate of drug-likeness (QED) is 0.888. The van der Waals surface area contributed by atoms with Crippen LogP contribution in [0.2, 0.25) is 0 Å². The van der Waals surface area contributed by atoms with Crippen molar-refractivity contribution in [3.05, 3.63) is 65.5 Å². The fourth-order valence-corrected chi connectivity index (χ4v) is 3.36. The van der Waals surface area contributed by atoms with Crippen LogP contribution >= 0.6 is 0 Å². The van der Waals surface area contributed by atoms with Gasteiger partial charge in [-0.3, -0.25) is 9.88 Å². The Labute approximate surface area is 136 Å². The second-order valence-corrected chi connectivity index (χ2v) is 6.09. The fourth-order valence-electron chi connectivity index (χ4n) is 3.36. The minimum Gasteiger partial charge on any atom is -0.478 e. The molecule has 1 saturated heterocycles. The van der Waals surface area contributed by atoms with Gasteiger partial charge in [0.05, 0.1) is 11.3 Å². The van der Waals surface area contributed by atoms with Crippen molar-refractivity contribution in [3.63, 3.8) is 0 Å². The molecule has 0 bridgehead atoms. The van der Waals surface area contributed by atoms with E-state index in [1.54, 1.807) is 18.3 Å². The fraction of sp³-hybridized carbons (Fsp3) is 0.368. The van der Waals surface area contributed by atoms with Crippen LogP contribution in [0.25, 0.3) is 0 Å². The van der Waals surface area contributed by atoms with Crippen LogP contribution in [0.1, 0.15) is 40.9 Å². The van der Waals surface area contributed by atoms with Crippen molar-refractivity contribution in [2.24, 2.45) is 0 Å². The lowest BCUT2D eigenvalue weighted by molar-refractivity contribution is 0.0693. The normalized spacial score (nSPS) is 18.2. The summed E-state index contributed by atoms with van der Waals surface area (Å²) in [5, 5.41) is 9.30. The molecule has 2 heterocycles. The van der Waals surface area contributed by atoms with E-state index in [2.05, 4.69) is 34.1 Å². The summed E-state index contributed by atoms with van der Waals surface area (Å²) in [5.74, 6) is -0.895. The molecular formula is C19H22N2O2. The van der Waals surface area contributed by atoms with E-state index < -0.39 is 5.97 Å². The summed E-state index contributed by atoms with van der Waals surface area (Å²) in [4.78, 5) is 18.0. The van der Waals surface area contributed by atoms with Crippen LogP contribution in [0.3, 0.4) is 0 Å².